The largest absolute Gasteiger partial charge is 0.482 e. The van der Waals surface area contributed by atoms with Gasteiger partial charge in [-0.2, -0.15) is 0 Å². The second-order valence-corrected chi connectivity index (χ2v) is 11.7. The Morgan fingerprint density at radius 2 is 1.86 bits per heavy atom. The zero-order chi connectivity index (χ0) is 25.9. The Hall–Kier alpha value is -1.99. The van der Waals surface area contributed by atoms with Crippen LogP contribution in [0.25, 0.3) is 0 Å². The Balaban J connectivity index is 1.28. The number of carboxylic acids is 1. The fourth-order valence-corrected chi connectivity index (χ4v) is 7.81. The first-order valence-corrected chi connectivity index (χ1v) is 13.2. The second-order valence-electron chi connectivity index (χ2n) is 11.7. The van der Waals surface area contributed by atoms with Gasteiger partial charge in [0, 0.05) is 18.2 Å². The average molecular weight is 520 g/mol. The van der Waals surface area contributed by atoms with Crippen LogP contribution in [0.1, 0.15) is 43.2 Å². The van der Waals surface area contributed by atoms with Gasteiger partial charge in [-0.1, -0.05) is 6.07 Å². The van der Waals surface area contributed by atoms with Crippen LogP contribution in [-0.2, 0) is 21.4 Å². The molecule has 0 aromatic heterocycles. The molecule has 2 bridgehead atoms. The highest BCUT2D eigenvalue weighted by atomic mass is 16.7. The van der Waals surface area contributed by atoms with E-state index >= 15 is 0 Å². The molecule has 0 radical (unpaired) electrons. The molecule has 4 fully saturated rings. The molecule has 3 aliphatic carbocycles. The van der Waals surface area contributed by atoms with Gasteiger partial charge in [-0.05, 0) is 62.6 Å². The summed E-state index contributed by atoms with van der Waals surface area (Å²) >= 11 is 0. The predicted molar refractivity (Wildman–Crippen MR) is 124 cm³/mol. The van der Waals surface area contributed by atoms with Gasteiger partial charge >= 0.3 is 5.97 Å². The van der Waals surface area contributed by atoms with Crippen molar-refractivity contribution in [2.75, 3.05) is 13.1 Å². The summed E-state index contributed by atoms with van der Waals surface area (Å²) in [6.45, 7) is 1.76. The smallest absolute Gasteiger partial charge is 0.335 e. The van der Waals surface area contributed by atoms with Crippen molar-refractivity contribution in [1.82, 2.24) is 4.90 Å². The van der Waals surface area contributed by atoms with Crippen LogP contribution in [0, 0.1) is 5.92 Å². The second kappa shape index (κ2) is 8.01. The summed E-state index contributed by atoms with van der Waals surface area (Å²) in [6, 6.07) is 3.47. The van der Waals surface area contributed by atoms with E-state index in [-0.39, 0.29) is 11.8 Å². The van der Waals surface area contributed by atoms with E-state index in [1.807, 2.05) is 6.07 Å². The molecule has 3 aliphatic heterocycles. The van der Waals surface area contributed by atoms with Crippen molar-refractivity contribution >= 4 is 5.97 Å². The molecule has 0 unspecified atom stereocenters. The van der Waals surface area contributed by atoms with Crippen LogP contribution in [0.15, 0.2) is 12.1 Å². The molecule has 6 N–H and O–H groups in total. The van der Waals surface area contributed by atoms with Crippen molar-refractivity contribution < 1.29 is 49.6 Å². The summed E-state index contributed by atoms with van der Waals surface area (Å²) in [5, 5.41) is 63.5. The number of carbonyl (C=O) groups is 1. The molecule has 1 aromatic carbocycles. The van der Waals surface area contributed by atoms with Crippen molar-refractivity contribution in [2.24, 2.45) is 5.92 Å². The van der Waals surface area contributed by atoms with Crippen LogP contribution in [0.2, 0.25) is 0 Å². The molecule has 11 heteroatoms. The standard InChI is InChI=1S/C26H33NO10/c28-13-5-6-26(34)15-9-12-3-4-14(35-24-19(31)17(29)18(30)21(37-24)23(32)33)20-16(12)25(26,22(13)36-20)7-8-27(15)10-11-1-2-11/h3-4,11,13,15,17-19,21-22,24,28-31,34H,1-2,5-10H2,(H,32,33)/t13-,15-,17+,18+,19-,21+,22+,24-,25+,26-/m1/s1. The SMILES string of the molecule is O=C(O)[C@H]1O[C@@H](Oc2ccc3c4c2O[C@H]2[C@H](O)CC[C@@]5(O)[C@@H](C3)N(CC3CC3)CC[C@]425)[C@H](O)[C@@H](O)[C@@H]1O. The average Bonchev–Trinajstić information content (AvgIpc) is 3.61. The van der Waals surface area contributed by atoms with E-state index in [9.17, 15) is 35.4 Å². The van der Waals surface area contributed by atoms with Crippen molar-refractivity contribution in [2.45, 2.75) is 98.5 Å². The number of likely N-dealkylation sites (tertiary alicyclic amines) is 1. The number of rotatable bonds is 5. The lowest BCUT2D eigenvalue weighted by Gasteiger charge is -2.63. The normalized spacial score (nSPS) is 46.2. The van der Waals surface area contributed by atoms with Crippen molar-refractivity contribution in [3.63, 3.8) is 0 Å². The molecule has 7 rings (SSSR count). The lowest BCUT2D eigenvalue weighted by Crippen LogP contribution is -2.77. The summed E-state index contributed by atoms with van der Waals surface area (Å²) in [7, 11) is 0. The molecule has 10 atom stereocenters. The number of hydrogen-bond donors (Lipinski definition) is 6. The Bertz CT molecular complexity index is 1130. The number of nitrogens with zero attached hydrogens (tertiary/aromatic N) is 1. The highest BCUT2D eigenvalue weighted by molar-refractivity contribution is 5.73. The lowest BCUT2D eigenvalue weighted by atomic mass is 9.48. The van der Waals surface area contributed by atoms with Gasteiger partial charge in [0.1, 0.15) is 24.4 Å². The molecule has 3 heterocycles. The quantitative estimate of drug-likeness (QED) is 0.279. The Morgan fingerprint density at radius 3 is 2.59 bits per heavy atom. The molecule has 2 saturated heterocycles. The summed E-state index contributed by atoms with van der Waals surface area (Å²) in [5.74, 6) is -0.312. The number of carboxylic acid groups (broad SMARTS) is 1. The third-order valence-corrected chi connectivity index (χ3v) is 9.77. The minimum Gasteiger partial charge on any atom is -0.482 e. The zero-order valence-corrected chi connectivity index (χ0v) is 20.3. The first kappa shape index (κ1) is 24.1. The van der Waals surface area contributed by atoms with Gasteiger partial charge < -0.3 is 44.8 Å². The fourth-order valence-electron chi connectivity index (χ4n) is 7.81. The molecule has 2 saturated carbocycles. The van der Waals surface area contributed by atoms with E-state index in [0.29, 0.717) is 37.4 Å². The van der Waals surface area contributed by atoms with Crippen molar-refractivity contribution in [3.05, 3.63) is 23.3 Å². The van der Waals surface area contributed by atoms with E-state index in [1.165, 1.54) is 12.8 Å². The summed E-state index contributed by atoms with van der Waals surface area (Å²) in [6.07, 6.45) is -5.61. The van der Waals surface area contributed by atoms with E-state index in [2.05, 4.69) is 4.90 Å². The summed E-state index contributed by atoms with van der Waals surface area (Å²) in [5.41, 5.74) is -0.0863. The zero-order valence-electron chi connectivity index (χ0n) is 20.3. The van der Waals surface area contributed by atoms with Gasteiger partial charge in [0.15, 0.2) is 17.6 Å². The molecular formula is C26H33NO10. The third-order valence-electron chi connectivity index (χ3n) is 9.77. The van der Waals surface area contributed by atoms with Crippen molar-refractivity contribution in [3.8, 4) is 11.5 Å². The van der Waals surface area contributed by atoms with Crippen LogP contribution >= 0.6 is 0 Å². The minimum atomic E-state index is -1.83. The van der Waals surface area contributed by atoms with Crippen molar-refractivity contribution in [1.29, 1.82) is 0 Å². The number of piperidine rings is 1. The van der Waals surface area contributed by atoms with E-state index in [4.69, 9.17) is 14.2 Å². The fraction of sp³-hybridized carbons (Fsp3) is 0.731. The third kappa shape index (κ3) is 3.16. The van der Waals surface area contributed by atoms with E-state index < -0.39 is 59.9 Å². The van der Waals surface area contributed by atoms with Gasteiger partial charge in [0.25, 0.3) is 0 Å². The van der Waals surface area contributed by atoms with Gasteiger partial charge in [-0.3, -0.25) is 4.90 Å². The number of benzene rings is 1. The Labute approximate surface area is 213 Å². The van der Waals surface area contributed by atoms with Gasteiger partial charge in [-0.25, -0.2) is 4.79 Å². The predicted octanol–water partition coefficient (Wildman–Crippen LogP) is -1.12. The van der Waals surface area contributed by atoms with Crippen LogP contribution in [-0.4, -0.2) is 109 Å². The first-order chi connectivity index (χ1) is 17.7. The molecule has 11 nitrogen and oxygen atoms in total. The van der Waals surface area contributed by atoms with Crippen LogP contribution < -0.4 is 9.47 Å². The van der Waals surface area contributed by atoms with Crippen LogP contribution in [0.4, 0.5) is 0 Å². The van der Waals surface area contributed by atoms with Gasteiger partial charge in [-0.15, -0.1) is 0 Å². The number of ether oxygens (including phenoxy) is 3. The van der Waals surface area contributed by atoms with Gasteiger partial charge in [0.2, 0.25) is 6.29 Å². The molecule has 1 spiro atoms. The topological polar surface area (TPSA) is 169 Å². The minimum absolute atomic E-state index is 0.0814. The maximum atomic E-state index is 12.4. The van der Waals surface area contributed by atoms with E-state index in [1.54, 1.807) is 6.07 Å². The molecule has 202 valence electrons. The number of aliphatic hydroxyl groups excluding tert-OH is 4. The summed E-state index contributed by atoms with van der Waals surface area (Å²) < 4.78 is 17.6. The highest BCUT2D eigenvalue weighted by Crippen LogP contribution is 2.65. The number of hydrogen-bond acceptors (Lipinski definition) is 10. The lowest BCUT2D eigenvalue weighted by molar-refractivity contribution is -0.271. The maximum Gasteiger partial charge on any atom is 0.335 e. The number of aliphatic hydroxyl groups is 5. The molecule has 6 aliphatic rings. The summed E-state index contributed by atoms with van der Waals surface area (Å²) in [4.78, 5) is 14.0. The van der Waals surface area contributed by atoms with Crippen LogP contribution in [0.3, 0.4) is 0 Å². The Kier molecular flexibility index (Phi) is 5.21. The maximum absolute atomic E-state index is 12.4. The monoisotopic (exact) mass is 519 g/mol. The first-order valence-electron chi connectivity index (χ1n) is 13.2. The Morgan fingerprint density at radius 1 is 1.08 bits per heavy atom. The highest BCUT2D eigenvalue weighted by Gasteiger charge is 2.73. The molecule has 37 heavy (non-hydrogen) atoms. The number of aliphatic carboxylic acids is 1. The van der Waals surface area contributed by atoms with Gasteiger partial charge in [0.05, 0.1) is 17.1 Å². The van der Waals surface area contributed by atoms with E-state index in [0.717, 1.165) is 24.2 Å². The van der Waals surface area contributed by atoms with Crippen LogP contribution in [0.5, 0.6) is 11.5 Å². The molecule has 1 aromatic rings. The molecule has 0 amide bonds. The molecular weight excluding hydrogens is 486 g/mol.